The molecule has 0 atom stereocenters. The molecule has 30 heavy (non-hydrogen) atoms. The van der Waals surface area contributed by atoms with Gasteiger partial charge in [-0.2, -0.15) is 0 Å². The number of aryl methyl sites for hydroxylation is 2. The number of carbonyl (C=O) groups is 1. The average molecular weight is 445 g/mol. The lowest BCUT2D eigenvalue weighted by molar-refractivity contribution is 0.0599. The van der Waals surface area contributed by atoms with Crippen LogP contribution in [-0.2, 0) is 14.8 Å². The number of aromatic nitrogens is 1. The zero-order valence-electron chi connectivity index (χ0n) is 17.6. The van der Waals surface area contributed by atoms with Gasteiger partial charge in [-0.05, 0) is 51.0 Å². The van der Waals surface area contributed by atoms with Gasteiger partial charge in [0.05, 0.1) is 17.6 Å². The third-order valence-corrected chi connectivity index (χ3v) is 7.80. The number of sulfonamides is 1. The number of thiazole rings is 1. The molecular formula is C22H24N2O4S2. The van der Waals surface area contributed by atoms with E-state index in [2.05, 4.69) is 4.98 Å². The van der Waals surface area contributed by atoms with E-state index < -0.39 is 16.0 Å². The van der Waals surface area contributed by atoms with Crippen molar-refractivity contribution in [2.45, 2.75) is 32.6 Å². The number of benzene rings is 2. The van der Waals surface area contributed by atoms with E-state index in [1.54, 1.807) is 26.8 Å². The Bertz CT molecular complexity index is 1190. The summed E-state index contributed by atoms with van der Waals surface area (Å²) in [5, 5.41) is 0.757. The van der Waals surface area contributed by atoms with Crippen molar-refractivity contribution in [2.24, 2.45) is 0 Å². The van der Waals surface area contributed by atoms with Gasteiger partial charge in [0.1, 0.15) is 5.01 Å². The molecule has 6 nitrogen and oxygen atoms in total. The molecule has 0 unspecified atom stereocenters. The van der Waals surface area contributed by atoms with Gasteiger partial charge in [0.25, 0.3) is 10.0 Å². The smallest absolute Gasteiger partial charge is 0.338 e. The zero-order valence-corrected chi connectivity index (χ0v) is 19.2. The molecule has 0 saturated heterocycles. The van der Waals surface area contributed by atoms with Gasteiger partial charge >= 0.3 is 5.97 Å². The van der Waals surface area contributed by atoms with Crippen LogP contribution in [0.25, 0.3) is 10.6 Å². The highest BCUT2D eigenvalue weighted by Crippen LogP contribution is 2.35. The van der Waals surface area contributed by atoms with Gasteiger partial charge < -0.3 is 4.74 Å². The van der Waals surface area contributed by atoms with E-state index in [1.165, 1.54) is 28.8 Å². The largest absolute Gasteiger partial charge is 0.465 e. The maximum atomic E-state index is 13.5. The third-order valence-electron chi connectivity index (χ3n) is 4.95. The number of hydrogen-bond acceptors (Lipinski definition) is 6. The van der Waals surface area contributed by atoms with Crippen molar-refractivity contribution in [3.05, 3.63) is 64.0 Å². The SMILES string of the molecule is CCN(c1nc(-c2ccccc2)sc1C)S(=O)(=O)c1cc(C)c(C)c(C(=O)OC)c1. The summed E-state index contributed by atoms with van der Waals surface area (Å²) >= 11 is 1.45. The Morgan fingerprint density at radius 1 is 1.13 bits per heavy atom. The minimum Gasteiger partial charge on any atom is -0.465 e. The van der Waals surface area contributed by atoms with Crippen LogP contribution in [0.5, 0.6) is 0 Å². The number of nitrogens with zero attached hydrogens (tertiary/aromatic N) is 2. The van der Waals surface area contributed by atoms with Gasteiger partial charge in [-0.1, -0.05) is 30.3 Å². The van der Waals surface area contributed by atoms with Crippen molar-refractivity contribution >= 4 is 33.1 Å². The maximum absolute atomic E-state index is 13.5. The Labute approximate surface area is 181 Å². The summed E-state index contributed by atoms with van der Waals surface area (Å²) in [4.78, 5) is 17.6. The predicted molar refractivity (Wildman–Crippen MR) is 120 cm³/mol. The number of carbonyl (C=O) groups excluding carboxylic acids is 1. The highest BCUT2D eigenvalue weighted by atomic mass is 32.2. The Morgan fingerprint density at radius 2 is 1.80 bits per heavy atom. The summed E-state index contributed by atoms with van der Waals surface area (Å²) in [6.45, 7) is 7.38. The van der Waals surface area contributed by atoms with Gasteiger partial charge in [0.2, 0.25) is 0 Å². The fraction of sp³-hybridized carbons (Fsp3) is 0.273. The second kappa shape index (κ2) is 8.57. The molecule has 0 saturated carbocycles. The molecule has 2 aromatic carbocycles. The molecule has 158 valence electrons. The fourth-order valence-corrected chi connectivity index (χ4v) is 5.76. The van der Waals surface area contributed by atoms with Crippen LogP contribution in [0, 0.1) is 20.8 Å². The quantitative estimate of drug-likeness (QED) is 0.514. The second-order valence-electron chi connectivity index (χ2n) is 6.84. The predicted octanol–water partition coefficient (Wildman–Crippen LogP) is 4.74. The lowest BCUT2D eigenvalue weighted by atomic mass is 10.0. The molecular weight excluding hydrogens is 420 g/mol. The van der Waals surface area contributed by atoms with E-state index in [0.29, 0.717) is 16.9 Å². The van der Waals surface area contributed by atoms with E-state index in [4.69, 9.17) is 4.74 Å². The molecule has 3 aromatic rings. The van der Waals surface area contributed by atoms with Crippen LogP contribution < -0.4 is 4.31 Å². The molecule has 0 aliphatic heterocycles. The highest BCUT2D eigenvalue weighted by Gasteiger charge is 2.29. The summed E-state index contributed by atoms with van der Waals surface area (Å²) in [7, 11) is -2.65. The van der Waals surface area contributed by atoms with Crippen LogP contribution in [0.1, 0.15) is 33.3 Å². The fourth-order valence-electron chi connectivity index (χ4n) is 3.18. The number of esters is 1. The lowest BCUT2D eigenvalue weighted by Crippen LogP contribution is -2.32. The first-order valence-corrected chi connectivity index (χ1v) is 11.7. The molecule has 0 aliphatic rings. The van der Waals surface area contributed by atoms with Crippen molar-refractivity contribution in [3.63, 3.8) is 0 Å². The molecule has 3 rings (SSSR count). The minimum atomic E-state index is -3.93. The van der Waals surface area contributed by atoms with Gasteiger partial charge in [0.15, 0.2) is 5.82 Å². The molecule has 0 radical (unpaired) electrons. The van der Waals surface area contributed by atoms with E-state index in [0.717, 1.165) is 15.4 Å². The topological polar surface area (TPSA) is 76.6 Å². The minimum absolute atomic E-state index is 0.0431. The lowest BCUT2D eigenvalue weighted by Gasteiger charge is -2.22. The average Bonchev–Trinajstić information content (AvgIpc) is 3.11. The number of ether oxygens (including phenoxy) is 1. The summed E-state index contributed by atoms with van der Waals surface area (Å²) in [5.41, 5.74) is 2.57. The summed E-state index contributed by atoms with van der Waals surface area (Å²) in [6.07, 6.45) is 0. The van der Waals surface area contributed by atoms with Gasteiger partial charge in [-0.25, -0.2) is 22.5 Å². The van der Waals surface area contributed by atoms with Gasteiger partial charge in [-0.15, -0.1) is 11.3 Å². The van der Waals surface area contributed by atoms with E-state index in [9.17, 15) is 13.2 Å². The Kier molecular flexibility index (Phi) is 6.28. The molecule has 0 amide bonds. The van der Waals surface area contributed by atoms with Crippen molar-refractivity contribution in [1.29, 1.82) is 0 Å². The molecule has 1 heterocycles. The van der Waals surface area contributed by atoms with Crippen molar-refractivity contribution in [3.8, 4) is 10.6 Å². The number of anilines is 1. The van der Waals surface area contributed by atoms with Gasteiger partial charge in [0, 0.05) is 17.0 Å². The van der Waals surface area contributed by atoms with Crippen molar-refractivity contribution in [1.82, 2.24) is 4.98 Å². The number of methoxy groups -OCH3 is 1. The molecule has 0 bridgehead atoms. The van der Waals surface area contributed by atoms with E-state index >= 15 is 0 Å². The highest BCUT2D eigenvalue weighted by molar-refractivity contribution is 7.92. The van der Waals surface area contributed by atoms with Crippen LogP contribution >= 0.6 is 11.3 Å². The molecule has 8 heteroatoms. The molecule has 0 N–H and O–H groups in total. The molecule has 0 aliphatic carbocycles. The summed E-state index contributed by atoms with van der Waals surface area (Å²) < 4.78 is 33.2. The molecule has 0 spiro atoms. The third kappa shape index (κ3) is 3.97. The first-order chi connectivity index (χ1) is 14.2. The van der Waals surface area contributed by atoms with Crippen LogP contribution in [0.4, 0.5) is 5.82 Å². The Balaban J connectivity index is 2.11. The van der Waals surface area contributed by atoms with Crippen LogP contribution in [0.3, 0.4) is 0 Å². The standard InChI is InChI=1S/C22H24N2O4S2/c1-6-24(20-16(4)29-21(23-20)17-10-8-7-9-11-17)30(26,27)18-12-14(2)15(3)19(13-18)22(25)28-5/h7-13H,6H2,1-5H3. The molecule has 1 aromatic heterocycles. The first-order valence-electron chi connectivity index (χ1n) is 9.45. The van der Waals surface area contributed by atoms with Crippen LogP contribution in [0.2, 0.25) is 0 Å². The van der Waals surface area contributed by atoms with Crippen LogP contribution in [0.15, 0.2) is 47.4 Å². The van der Waals surface area contributed by atoms with Crippen molar-refractivity contribution < 1.29 is 17.9 Å². The molecule has 0 fully saturated rings. The summed E-state index contributed by atoms with van der Waals surface area (Å²) in [6, 6.07) is 12.6. The monoisotopic (exact) mass is 444 g/mol. The maximum Gasteiger partial charge on any atom is 0.338 e. The number of hydrogen-bond donors (Lipinski definition) is 0. The first kappa shape index (κ1) is 22.0. The van der Waals surface area contributed by atoms with Crippen LogP contribution in [-0.4, -0.2) is 33.0 Å². The normalized spacial score (nSPS) is 11.4. The van der Waals surface area contributed by atoms with E-state index in [1.807, 2.05) is 37.3 Å². The van der Waals surface area contributed by atoms with Gasteiger partial charge in [-0.3, -0.25) is 0 Å². The second-order valence-corrected chi connectivity index (χ2v) is 9.90. The Hall–Kier alpha value is -2.71. The summed E-state index contributed by atoms with van der Waals surface area (Å²) in [5.74, 6) is -0.161. The number of rotatable bonds is 6. The van der Waals surface area contributed by atoms with Crippen molar-refractivity contribution in [2.75, 3.05) is 18.0 Å². The Morgan fingerprint density at radius 3 is 2.40 bits per heavy atom. The zero-order chi connectivity index (χ0) is 22.1. The van der Waals surface area contributed by atoms with E-state index in [-0.39, 0.29) is 17.0 Å².